The molecular formula is C10H14ClNO4S2. The third-order valence-electron chi connectivity index (χ3n) is 2.04. The van der Waals surface area contributed by atoms with Gasteiger partial charge in [-0.2, -0.15) is 0 Å². The monoisotopic (exact) mass is 311 g/mol. The van der Waals surface area contributed by atoms with E-state index in [1.807, 2.05) is 6.92 Å². The lowest BCUT2D eigenvalue weighted by molar-refractivity contribution is -0.121. The van der Waals surface area contributed by atoms with Crippen molar-refractivity contribution >= 4 is 37.0 Å². The number of rotatable bonds is 6. The number of halogens is 1. The van der Waals surface area contributed by atoms with Gasteiger partial charge in [0.15, 0.2) is 0 Å². The normalized spacial score (nSPS) is 13.3. The first kappa shape index (κ1) is 15.4. The van der Waals surface area contributed by atoms with Crippen LogP contribution in [0.4, 0.5) is 0 Å². The molecule has 1 N–H and O–H groups in total. The maximum Gasteiger partial charge on any atom is 0.270 e. The van der Waals surface area contributed by atoms with Gasteiger partial charge >= 0.3 is 0 Å². The summed E-state index contributed by atoms with van der Waals surface area (Å²) in [6.07, 6.45) is 0.130. The second-order valence-electron chi connectivity index (χ2n) is 3.76. The highest BCUT2D eigenvalue weighted by Crippen LogP contribution is 2.24. The summed E-state index contributed by atoms with van der Waals surface area (Å²) in [6.45, 7) is 2.25. The van der Waals surface area contributed by atoms with Crippen LogP contribution in [0.1, 0.15) is 11.8 Å². The summed E-state index contributed by atoms with van der Waals surface area (Å²) in [6, 6.07) is 2.90. The van der Waals surface area contributed by atoms with Crippen LogP contribution in [0, 0.1) is 0 Å². The molecule has 0 bridgehead atoms. The van der Waals surface area contributed by atoms with E-state index < -0.39 is 9.05 Å². The molecule has 0 saturated heterocycles. The van der Waals surface area contributed by atoms with E-state index in [0.717, 1.165) is 11.3 Å². The van der Waals surface area contributed by atoms with Crippen LogP contribution in [0.5, 0.6) is 0 Å². The molecular weight excluding hydrogens is 298 g/mol. The van der Waals surface area contributed by atoms with Crippen LogP contribution in [0.2, 0.25) is 0 Å². The molecule has 0 aliphatic heterocycles. The molecule has 0 aromatic carbocycles. The third kappa shape index (κ3) is 4.93. The fraction of sp³-hybridized carbons (Fsp3) is 0.500. The molecule has 0 aliphatic carbocycles. The molecule has 102 valence electrons. The number of thiophene rings is 1. The van der Waals surface area contributed by atoms with E-state index in [-0.39, 0.29) is 22.6 Å². The number of carbonyl (C=O) groups excluding carboxylic acids is 1. The number of carbonyl (C=O) groups is 1. The highest BCUT2D eigenvalue weighted by Gasteiger charge is 2.15. The number of nitrogens with one attached hydrogen (secondary N) is 1. The highest BCUT2D eigenvalue weighted by atomic mass is 35.7. The number of methoxy groups -OCH3 is 1. The van der Waals surface area contributed by atoms with Gasteiger partial charge in [-0.1, -0.05) is 0 Å². The number of amides is 1. The van der Waals surface area contributed by atoms with E-state index in [2.05, 4.69) is 5.32 Å². The Morgan fingerprint density at radius 3 is 2.72 bits per heavy atom. The van der Waals surface area contributed by atoms with Gasteiger partial charge in [-0.25, -0.2) is 8.42 Å². The standard InChI is InChI=1S/C10H14ClNO4S2/c1-7(6-16-2)12-9(13)5-8-3-4-10(17-8)18(11,14)15/h3-4,7H,5-6H2,1-2H3,(H,12,13). The first-order chi connectivity index (χ1) is 8.32. The summed E-state index contributed by atoms with van der Waals surface area (Å²) in [5, 5.41) is 2.74. The first-order valence-corrected chi connectivity index (χ1v) is 8.27. The Kier molecular flexibility index (Phi) is 5.58. The van der Waals surface area contributed by atoms with Crippen LogP contribution in [0.25, 0.3) is 0 Å². The average Bonchev–Trinajstić information content (AvgIpc) is 2.65. The van der Waals surface area contributed by atoms with Crippen molar-refractivity contribution in [3.05, 3.63) is 17.0 Å². The lowest BCUT2D eigenvalue weighted by atomic mass is 10.3. The van der Waals surface area contributed by atoms with Gasteiger partial charge in [-0.3, -0.25) is 4.79 Å². The summed E-state index contributed by atoms with van der Waals surface area (Å²) in [5.74, 6) is -0.181. The van der Waals surface area contributed by atoms with Crippen molar-refractivity contribution in [2.24, 2.45) is 0 Å². The molecule has 5 nitrogen and oxygen atoms in total. The van der Waals surface area contributed by atoms with Crippen molar-refractivity contribution in [3.63, 3.8) is 0 Å². The molecule has 0 saturated carbocycles. The molecule has 1 heterocycles. The van der Waals surface area contributed by atoms with E-state index in [1.54, 1.807) is 13.2 Å². The van der Waals surface area contributed by atoms with Crippen molar-refractivity contribution in [1.82, 2.24) is 5.32 Å². The van der Waals surface area contributed by atoms with E-state index >= 15 is 0 Å². The second kappa shape index (κ2) is 6.51. The summed E-state index contributed by atoms with van der Waals surface area (Å²) in [5.41, 5.74) is 0. The Labute approximate surface area is 115 Å². The molecule has 0 spiro atoms. The molecule has 1 rings (SSSR count). The summed E-state index contributed by atoms with van der Waals surface area (Å²) >= 11 is 0.997. The van der Waals surface area contributed by atoms with Crippen LogP contribution in [-0.2, 0) is 25.0 Å². The van der Waals surface area contributed by atoms with Gasteiger partial charge in [0, 0.05) is 28.7 Å². The predicted molar refractivity (Wildman–Crippen MR) is 70.5 cm³/mol. The Morgan fingerprint density at radius 2 is 2.22 bits per heavy atom. The van der Waals surface area contributed by atoms with Crippen LogP contribution >= 0.6 is 22.0 Å². The zero-order valence-electron chi connectivity index (χ0n) is 9.97. The first-order valence-electron chi connectivity index (χ1n) is 5.14. The van der Waals surface area contributed by atoms with Crippen LogP contribution < -0.4 is 5.32 Å². The lowest BCUT2D eigenvalue weighted by Gasteiger charge is -2.11. The number of hydrogen-bond acceptors (Lipinski definition) is 5. The maximum absolute atomic E-state index is 11.6. The summed E-state index contributed by atoms with van der Waals surface area (Å²) in [7, 11) is 3.04. The van der Waals surface area contributed by atoms with E-state index in [0.29, 0.717) is 11.5 Å². The van der Waals surface area contributed by atoms with Gasteiger partial charge in [0.05, 0.1) is 13.0 Å². The van der Waals surface area contributed by atoms with Gasteiger partial charge in [-0.15, -0.1) is 11.3 Å². The van der Waals surface area contributed by atoms with Crippen molar-refractivity contribution in [1.29, 1.82) is 0 Å². The van der Waals surface area contributed by atoms with Gasteiger partial charge in [0.25, 0.3) is 9.05 Å². The number of hydrogen-bond donors (Lipinski definition) is 1. The fourth-order valence-electron chi connectivity index (χ4n) is 1.36. The molecule has 0 radical (unpaired) electrons. The minimum Gasteiger partial charge on any atom is -0.383 e. The minimum atomic E-state index is -3.71. The van der Waals surface area contributed by atoms with Crippen molar-refractivity contribution in [3.8, 4) is 0 Å². The Balaban J connectivity index is 2.58. The van der Waals surface area contributed by atoms with Crippen molar-refractivity contribution in [2.75, 3.05) is 13.7 Å². The Morgan fingerprint density at radius 1 is 1.56 bits per heavy atom. The largest absolute Gasteiger partial charge is 0.383 e. The zero-order valence-corrected chi connectivity index (χ0v) is 12.4. The molecule has 0 aliphatic rings. The molecule has 1 aromatic heterocycles. The second-order valence-corrected chi connectivity index (χ2v) is 7.72. The van der Waals surface area contributed by atoms with E-state index in [9.17, 15) is 13.2 Å². The minimum absolute atomic E-state index is 0.0527. The SMILES string of the molecule is COCC(C)NC(=O)Cc1ccc(S(=O)(=O)Cl)s1. The van der Waals surface area contributed by atoms with Gasteiger partial charge in [0.2, 0.25) is 5.91 Å². The molecule has 1 amide bonds. The maximum atomic E-state index is 11.6. The summed E-state index contributed by atoms with van der Waals surface area (Å²) in [4.78, 5) is 12.3. The van der Waals surface area contributed by atoms with Crippen LogP contribution in [-0.4, -0.2) is 34.1 Å². The van der Waals surface area contributed by atoms with Crippen molar-refractivity contribution < 1.29 is 17.9 Å². The lowest BCUT2D eigenvalue weighted by Crippen LogP contribution is -2.36. The van der Waals surface area contributed by atoms with E-state index in [4.69, 9.17) is 15.4 Å². The summed E-state index contributed by atoms with van der Waals surface area (Å²) < 4.78 is 27.1. The zero-order chi connectivity index (χ0) is 13.8. The molecule has 8 heteroatoms. The number of ether oxygens (including phenoxy) is 1. The van der Waals surface area contributed by atoms with Gasteiger partial charge in [-0.05, 0) is 19.1 Å². The van der Waals surface area contributed by atoms with Crippen LogP contribution in [0.3, 0.4) is 0 Å². The molecule has 1 aromatic rings. The fourth-order valence-corrected chi connectivity index (χ4v) is 3.48. The average molecular weight is 312 g/mol. The molecule has 1 unspecified atom stereocenters. The third-order valence-corrected chi connectivity index (χ3v) is 5.21. The quantitative estimate of drug-likeness (QED) is 0.805. The topological polar surface area (TPSA) is 72.5 Å². The predicted octanol–water partition coefficient (Wildman–Crippen LogP) is 1.37. The smallest absolute Gasteiger partial charge is 0.270 e. The van der Waals surface area contributed by atoms with Crippen LogP contribution in [0.15, 0.2) is 16.3 Å². The highest BCUT2D eigenvalue weighted by molar-refractivity contribution is 8.15. The molecule has 0 fully saturated rings. The molecule has 18 heavy (non-hydrogen) atoms. The van der Waals surface area contributed by atoms with Crippen molar-refractivity contribution in [2.45, 2.75) is 23.6 Å². The molecule has 1 atom stereocenters. The van der Waals surface area contributed by atoms with Gasteiger partial charge < -0.3 is 10.1 Å². The Bertz CT molecular complexity index is 512. The van der Waals surface area contributed by atoms with E-state index in [1.165, 1.54) is 6.07 Å². The Hall–Kier alpha value is -0.630. The van der Waals surface area contributed by atoms with Gasteiger partial charge in [0.1, 0.15) is 4.21 Å².